The van der Waals surface area contributed by atoms with E-state index in [9.17, 15) is 0 Å². The molecule has 1 fully saturated rings. The molecule has 1 aliphatic rings. The van der Waals surface area contributed by atoms with E-state index >= 15 is 0 Å². The Morgan fingerprint density at radius 3 is 2.50 bits per heavy atom. The number of hydrogen-bond donors (Lipinski definition) is 1. The molecule has 1 unspecified atom stereocenters. The Hall–Kier alpha value is -0.860. The zero-order valence-corrected chi connectivity index (χ0v) is 11.7. The Morgan fingerprint density at radius 1 is 1.22 bits per heavy atom. The third-order valence-corrected chi connectivity index (χ3v) is 3.72. The standard InChI is InChI=1S/C16H26N2/c1-3-12-18(4-2)16(13-17-15-10-11-15)14-8-6-5-7-9-14/h5-9,15-17H,3-4,10-13H2,1-2H3. The number of nitrogens with one attached hydrogen (secondary N) is 1. The van der Waals surface area contributed by atoms with Crippen molar-refractivity contribution in [3.63, 3.8) is 0 Å². The summed E-state index contributed by atoms with van der Waals surface area (Å²) in [6.45, 7) is 7.92. The molecule has 2 rings (SSSR count). The fourth-order valence-electron chi connectivity index (χ4n) is 2.52. The van der Waals surface area contributed by atoms with Gasteiger partial charge in [-0.15, -0.1) is 0 Å². The molecule has 1 N–H and O–H groups in total. The van der Waals surface area contributed by atoms with Crippen LogP contribution in [0.1, 0.15) is 44.7 Å². The van der Waals surface area contributed by atoms with Gasteiger partial charge in [-0.1, -0.05) is 44.2 Å². The van der Waals surface area contributed by atoms with Crippen molar-refractivity contribution in [2.24, 2.45) is 0 Å². The van der Waals surface area contributed by atoms with E-state index in [1.807, 2.05) is 0 Å². The molecule has 0 bridgehead atoms. The summed E-state index contributed by atoms with van der Waals surface area (Å²) in [5, 5.41) is 3.69. The Morgan fingerprint density at radius 2 is 1.94 bits per heavy atom. The van der Waals surface area contributed by atoms with Gasteiger partial charge in [-0.05, 0) is 37.9 Å². The lowest BCUT2D eigenvalue weighted by Gasteiger charge is -2.31. The van der Waals surface area contributed by atoms with Crippen molar-refractivity contribution in [2.45, 2.75) is 45.2 Å². The molecule has 0 radical (unpaired) electrons. The first-order valence-electron chi connectivity index (χ1n) is 7.37. The van der Waals surface area contributed by atoms with Crippen LogP contribution in [0.25, 0.3) is 0 Å². The van der Waals surface area contributed by atoms with E-state index < -0.39 is 0 Å². The van der Waals surface area contributed by atoms with E-state index in [1.165, 1.54) is 31.4 Å². The van der Waals surface area contributed by atoms with E-state index in [4.69, 9.17) is 0 Å². The van der Waals surface area contributed by atoms with Gasteiger partial charge in [0.05, 0.1) is 0 Å². The van der Waals surface area contributed by atoms with Gasteiger partial charge >= 0.3 is 0 Å². The van der Waals surface area contributed by atoms with Gasteiger partial charge in [-0.25, -0.2) is 0 Å². The SMILES string of the molecule is CCCN(CC)C(CNC1CC1)c1ccccc1. The summed E-state index contributed by atoms with van der Waals surface area (Å²) < 4.78 is 0. The summed E-state index contributed by atoms with van der Waals surface area (Å²) >= 11 is 0. The summed E-state index contributed by atoms with van der Waals surface area (Å²) in [4.78, 5) is 2.59. The molecule has 0 aromatic heterocycles. The van der Waals surface area contributed by atoms with Gasteiger partial charge in [0.15, 0.2) is 0 Å². The van der Waals surface area contributed by atoms with Gasteiger partial charge in [-0.3, -0.25) is 4.90 Å². The molecule has 1 aromatic rings. The molecule has 100 valence electrons. The molecule has 1 aromatic carbocycles. The van der Waals surface area contributed by atoms with Crippen LogP contribution in [0.15, 0.2) is 30.3 Å². The van der Waals surface area contributed by atoms with Crippen LogP contribution in [0.2, 0.25) is 0 Å². The maximum atomic E-state index is 3.69. The molecular weight excluding hydrogens is 220 g/mol. The van der Waals surface area contributed by atoms with Crippen LogP contribution in [0.4, 0.5) is 0 Å². The second-order valence-corrected chi connectivity index (χ2v) is 5.24. The Labute approximate surface area is 111 Å². The first-order valence-corrected chi connectivity index (χ1v) is 7.37. The van der Waals surface area contributed by atoms with Crippen molar-refractivity contribution in [3.8, 4) is 0 Å². The van der Waals surface area contributed by atoms with Gasteiger partial charge in [0, 0.05) is 18.6 Å². The normalized spacial score (nSPS) is 17.1. The maximum absolute atomic E-state index is 3.69. The predicted octanol–water partition coefficient (Wildman–Crippen LogP) is 3.21. The summed E-state index contributed by atoms with van der Waals surface area (Å²) in [5.74, 6) is 0. The van der Waals surface area contributed by atoms with Gasteiger partial charge in [0.1, 0.15) is 0 Å². The summed E-state index contributed by atoms with van der Waals surface area (Å²) in [6.07, 6.45) is 3.95. The maximum Gasteiger partial charge on any atom is 0.0472 e. The highest BCUT2D eigenvalue weighted by Gasteiger charge is 2.24. The quantitative estimate of drug-likeness (QED) is 0.757. The molecule has 0 saturated heterocycles. The van der Waals surface area contributed by atoms with Crippen LogP contribution in [-0.2, 0) is 0 Å². The van der Waals surface area contributed by atoms with Crippen molar-refractivity contribution in [2.75, 3.05) is 19.6 Å². The Balaban J connectivity index is 2.04. The third-order valence-electron chi connectivity index (χ3n) is 3.72. The van der Waals surface area contributed by atoms with Crippen LogP contribution >= 0.6 is 0 Å². The van der Waals surface area contributed by atoms with E-state index in [0.717, 1.165) is 19.1 Å². The fraction of sp³-hybridized carbons (Fsp3) is 0.625. The number of benzene rings is 1. The number of rotatable bonds is 8. The minimum Gasteiger partial charge on any atom is -0.312 e. The van der Waals surface area contributed by atoms with Crippen molar-refractivity contribution in [1.82, 2.24) is 10.2 Å². The first-order chi connectivity index (χ1) is 8.85. The number of likely N-dealkylation sites (N-methyl/N-ethyl adjacent to an activating group) is 1. The molecule has 0 spiro atoms. The minimum atomic E-state index is 0.525. The highest BCUT2D eigenvalue weighted by molar-refractivity contribution is 5.19. The fourth-order valence-corrected chi connectivity index (χ4v) is 2.52. The van der Waals surface area contributed by atoms with Gasteiger partial charge in [0.25, 0.3) is 0 Å². The highest BCUT2D eigenvalue weighted by atomic mass is 15.2. The van der Waals surface area contributed by atoms with Crippen LogP contribution in [0.3, 0.4) is 0 Å². The molecule has 1 saturated carbocycles. The van der Waals surface area contributed by atoms with Crippen molar-refractivity contribution in [3.05, 3.63) is 35.9 Å². The molecule has 0 aliphatic heterocycles. The zero-order valence-electron chi connectivity index (χ0n) is 11.7. The highest BCUT2D eigenvalue weighted by Crippen LogP contribution is 2.23. The van der Waals surface area contributed by atoms with E-state index in [2.05, 4.69) is 54.4 Å². The van der Waals surface area contributed by atoms with Gasteiger partial charge in [0.2, 0.25) is 0 Å². The second-order valence-electron chi connectivity index (χ2n) is 5.24. The molecule has 0 amide bonds. The van der Waals surface area contributed by atoms with Crippen molar-refractivity contribution in [1.29, 1.82) is 0 Å². The molecule has 2 nitrogen and oxygen atoms in total. The van der Waals surface area contributed by atoms with Crippen LogP contribution in [0.5, 0.6) is 0 Å². The van der Waals surface area contributed by atoms with E-state index in [0.29, 0.717) is 6.04 Å². The van der Waals surface area contributed by atoms with Crippen molar-refractivity contribution >= 4 is 0 Å². The number of nitrogens with zero attached hydrogens (tertiary/aromatic N) is 1. The molecular formula is C16H26N2. The largest absolute Gasteiger partial charge is 0.312 e. The molecule has 2 heteroatoms. The van der Waals surface area contributed by atoms with Crippen LogP contribution in [-0.4, -0.2) is 30.6 Å². The molecule has 1 atom stereocenters. The minimum absolute atomic E-state index is 0.525. The molecule has 18 heavy (non-hydrogen) atoms. The van der Waals surface area contributed by atoms with Crippen LogP contribution < -0.4 is 5.32 Å². The van der Waals surface area contributed by atoms with Gasteiger partial charge < -0.3 is 5.32 Å². The average Bonchev–Trinajstić information content (AvgIpc) is 3.23. The Bertz CT molecular complexity index is 332. The molecule has 1 aliphatic carbocycles. The predicted molar refractivity (Wildman–Crippen MR) is 77.7 cm³/mol. The zero-order chi connectivity index (χ0) is 12.8. The van der Waals surface area contributed by atoms with Gasteiger partial charge in [-0.2, -0.15) is 0 Å². The first kappa shape index (κ1) is 13.6. The lowest BCUT2D eigenvalue weighted by atomic mass is 10.0. The summed E-state index contributed by atoms with van der Waals surface area (Å²) in [6, 6.07) is 12.2. The Kier molecular flexibility index (Phi) is 5.21. The van der Waals surface area contributed by atoms with E-state index in [1.54, 1.807) is 0 Å². The number of hydrogen-bond acceptors (Lipinski definition) is 2. The summed E-state index contributed by atoms with van der Waals surface area (Å²) in [7, 11) is 0. The lowest BCUT2D eigenvalue weighted by Crippen LogP contribution is -2.37. The topological polar surface area (TPSA) is 15.3 Å². The van der Waals surface area contributed by atoms with E-state index in [-0.39, 0.29) is 0 Å². The smallest absolute Gasteiger partial charge is 0.0472 e. The van der Waals surface area contributed by atoms with Crippen molar-refractivity contribution < 1.29 is 0 Å². The molecule has 0 heterocycles. The third kappa shape index (κ3) is 3.82. The second kappa shape index (κ2) is 6.91. The average molecular weight is 246 g/mol. The summed E-state index contributed by atoms with van der Waals surface area (Å²) in [5.41, 5.74) is 1.45. The van der Waals surface area contributed by atoms with Crippen LogP contribution in [0, 0.1) is 0 Å². The monoisotopic (exact) mass is 246 g/mol. The lowest BCUT2D eigenvalue weighted by molar-refractivity contribution is 0.202.